The second-order valence-corrected chi connectivity index (χ2v) is 6.98. The van der Waals surface area contributed by atoms with E-state index in [1.807, 2.05) is 37.3 Å². The molecule has 0 amide bonds. The molecule has 26 heavy (non-hydrogen) atoms. The van der Waals surface area contributed by atoms with Crippen molar-refractivity contribution in [3.05, 3.63) is 66.7 Å². The van der Waals surface area contributed by atoms with E-state index in [-0.39, 0.29) is 5.25 Å². The highest BCUT2D eigenvalue weighted by atomic mass is 32.2. The molecule has 0 radical (unpaired) electrons. The Labute approximate surface area is 152 Å². The predicted octanol–water partition coefficient (Wildman–Crippen LogP) is 4.87. The van der Waals surface area contributed by atoms with E-state index < -0.39 is 6.55 Å². The first-order valence-corrected chi connectivity index (χ1v) is 8.90. The normalized spacial score (nSPS) is 12.8. The minimum Gasteiger partial charge on any atom is -0.269 e. The van der Waals surface area contributed by atoms with Crippen LogP contribution in [0, 0.1) is 0 Å². The molecule has 0 fully saturated rings. The average molecular weight is 371 g/mol. The van der Waals surface area contributed by atoms with Crippen molar-refractivity contribution in [2.45, 2.75) is 23.9 Å². The van der Waals surface area contributed by atoms with Gasteiger partial charge in [-0.25, -0.2) is 14.6 Å². The summed E-state index contributed by atoms with van der Waals surface area (Å²) in [4.78, 5) is 8.67. The zero-order chi connectivity index (χ0) is 18.1. The molecule has 1 unspecified atom stereocenters. The van der Waals surface area contributed by atoms with Crippen molar-refractivity contribution in [1.29, 1.82) is 0 Å². The Morgan fingerprint density at radius 3 is 2.50 bits per heavy atom. The molecule has 4 rings (SSSR count). The molecule has 1 atom stereocenters. The van der Waals surface area contributed by atoms with E-state index in [1.165, 1.54) is 11.8 Å². The Kier molecular flexibility index (Phi) is 4.42. The summed E-state index contributed by atoms with van der Waals surface area (Å²) in [5, 5.41) is 4.60. The highest BCUT2D eigenvalue weighted by Gasteiger charge is 2.23. The van der Waals surface area contributed by atoms with E-state index in [9.17, 15) is 8.78 Å². The highest BCUT2D eigenvalue weighted by molar-refractivity contribution is 7.99. The lowest BCUT2D eigenvalue weighted by atomic mass is 10.3. The van der Waals surface area contributed by atoms with E-state index >= 15 is 0 Å². The van der Waals surface area contributed by atoms with Gasteiger partial charge < -0.3 is 0 Å². The lowest BCUT2D eigenvalue weighted by Gasteiger charge is -2.12. The summed E-state index contributed by atoms with van der Waals surface area (Å²) in [6.07, 6.45) is 1.61. The summed E-state index contributed by atoms with van der Waals surface area (Å²) in [5.74, 6) is 0.308. The van der Waals surface area contributed by atoms with Crippen LogP contribution in [-0.4, -0.2) is 24.3 Å². The molecule has 0 N–H and O–H groups in total. The van der Waals surface area contributed by atoms with Crippen molar-refractivity contribution < 1.29 is 8.78 Å². The zero-order valence-electron chi connectivity index (χ0n) is 13.8. The first-order chi connectivity index (χ1) is 12.6. The van der Waals surface area contributed by atoms with Crippen LogP contribution in [-0.2, 0) is 0 Å². The first-order valence-electron chi connectivity index (χ1n) is 8.02. The first kappa shape index (κ1) is 16.7. The number of aromatic nitrogens is 5. The van der Waals surface area contributed by atoms with Gasteiger partial charge in [-0.3, -0.25) is 4.57 Å². The standard InChI is InChI=1S/C18H15F2N5S/c1-12(16-22-14-9-5-6-10-15(14)25(16)17(19)20)26-18-21-11-24(23-18)13-7-3-2-4-8-13/h2-12,17H,1H3. The van der Waals surface area contributed by atoms with E-state index in [0.717, 1.165) is 10.3 Å². The smallest absolute Gasteiger partial charge is 0.269 e. The van der Waals surface area contributed by atoms with Crippen molar-refractivity contribution in [1.82, 2.24) is 24.3 Å². The molecule has 0 saturated heterocycles. The number of thioether (sulfide) groups is 1. The van der Waals surface area contributed by atoms with Gasteiger partial charge in [0, 0.05) is 0 Å². The Morgan fingerprint density at radius 1 is 1.00 bits per heavy atom. The molecule has 132 valence electrons. The molecule has 8 heteroatoms. The van der Waals surface area contributed by atoms with Gasteiger partial charge in [0.1, 0.15) is 12.2 Å². The van der Waals surface area contributed by atoms with Crippen LogP contribution in [0.4, 0.5) is 8.78 Å². The van der Waals surface area contributed by atoms with Crippen LogP contribution in [0.25, 0.3) is 16.7 Å². The summed E-state index contributed by atoms with van der Waals surface area (Å²) in [7, 11) is 0. The number of hydrogen-bond acceptors (Lipinski definition) is 4. The van der Waals surface area contributed by atoms with E-state index in [0.29, 0.717) is 22.0 Å². The van der Waals surface area contributed by atoms with Crippen LogP contribution in [0.15, 0.2) is 66.1 Å². The van der Waals surface area contributed by atoms with Crippen LogP contribution < -0.4 is 0 Å². The fourth-order valence-corrected chi connectivity index (χ4v) is 3.60. The number of benzene rings is 2. The highest BCUT2D eigenvalue weighted by Crippen LogP contribution is 2.36. The van der Waals surface area contributed by atoms with E-state index in [1.54, 1.807) is 35.3 Å². The fraction of sp³-hybridized carbons (Fsp3) is 0.167. The lowest BCUT2D eigenvalue weighted by molar-refractivity contribution is 0.0715. The lowest BCUT2D eigenvalue weighted by Crippen LogP contribution is -2.06. The second-order valence-electron chi connectivity index (χ2n) is 5.67. The van der Waals surface area contributed by atoms with E-state index in [4.69, 9.17) is 0 Å². The molecule has 0 aliphatic carbocycles. The van der Waals surface area contributed by atoms with E-state index in [2.05, 4.69) is 15.1 Å². The summed E-state index contributed by atoms with van der Waals surface area (Å²) in [6.45, 7) is -0.830. The predicted molar refractivity (Wildman–Crippen MR) is 96.6 cm³/mol. The average Bonchev–Trinajstić information content (AvgIpc) is 3.27. The van der Waals surface area contributed by atoms with Gasteiger partial charge in [-0.2, -0.15) is 8.78 Å². The fourth-order valence-electron chi connectivity index (χ4n) is 2.77. The number of hydrogen-bond donors (Lipinski definition) is 0. The van der Waals surface area contributed by atoms with Gasteiger partial charge in [-0.05, 0) is 31.2 Å². The number of halogens is 2. The minimum atomic E-state index is -2.66. The Balaban J connectivity index is 1.63. The van der Waals surface area contributed by atoms with Crippen molar-refractivity contribution in [2.24, 2.45) is 0 Å². The number of rotatable bonds is 5. The van der Waals surface area contributed by atoms with Crippen LogP contribution >= 0.6 is 11.8 Å². The molecular weight excluding hydrogens is 356 g/mol. The van der Waals surface area contributed by atoms with Gasteiger partial charge in [0.15, 0.2) is 0 Å². The van der Waals surface area contributed by atoms with Crippen LogP contribution in [0.1, 0.15) is 24.5 Å². The van der Waals surface area contributed by atoms with Crippen molar-refractivity contribution in [2.75, 3.05) is 0 Å². The maximum atomic E-state index is 13.6. The molecule has 0 aliphatic rings. The Morgan fingerprint density at radius 2 is 1.73 bits per heavy atom. The largest absolute Gasteiger partial charge is 0.320 e. The molecule has 4 aromatic rings. The quantitative estimate of drug-likeness (QED) is 0.470. The molecule has 2 heterocycles. The van der Waals surface area contributed by atoms with Crippen LogP contribution in [0.2, 0.25) is 0 Å². The van der Waals surface area contributed by atoms with Gasteiger partial charge in [-0.1, -0.05) is 42.1 Å². The monoisotopic (exact) mass is 371 g/mol. The molecule has 2 aromatic carbocycles. The molecular formula is C18H15F2N5S. The SMILES string of the molecule is CC(Sc1ncn(-c2ccccc2)n1)c1nc2ccccc2n1C(F)F. The van der Waals surface area contributed by atoms with Gasteiger partial charge >= 0.3 is 6.55 Å². The number of fused-ring (bicyclic) bond motifs is 1. The molecule has 5 nitrogen and oxygen atoms in total. The zero-order valence-corrected chi connectivity index (χ0v) is 14.6. The summed E-state index contributed by atoms with van der Waals surface area (Å²) >= 11 is 1.30. The number of alkyl halides is 2. The van der Waals surface area contributed by atoms with Crippen LogP contribution in [0.5, 0.6) is 0 Å². The van der Waals surface area contributed by atoms with Gasteiger partial charge in [0.2, 0.25) is 5.16 Å². The summed E-state index contributed by atoms with van der Waals surface area (Å²) < 4.78 is 29.8. The third kappa shape index (κ3) is 3.08. The van der Waals surface area contributed by atoms with Crippen molar-refractivity contribution in [3.63, 3.8) is 0 Å². The Bertz CT molecular complexity index is 1030. The second kappa shape index (κ2) is 6.87. The summed E-state index contributed by atoms with van der Waals surface area (Å²) in [6, 6.07) is 16.5. The number of nitrogens with zero attached hydrogens (tertiary/aromatic N) is 5. The topological polar surface area (TPSA) is 48.5 Å². The maximum Gasteiger partial charge on any atom is 0.320 e. The molecule has 0 bridgehead atoms. The minimum absolute atomic E-state index is 0.308. The van der Waals surface area contributed by atoms with Crippen molar-refractivity contribution >= 4 is 22.8 Å². The number of imidazole rings is 1. The third-order valence-electron chi connectivity index (χ3n) is 3.96. The maximum absolute atomic E-state index is 13.6. The molecule has 0 saturated carbocycles. The molecule has 2 aromatic heterocycles. The van der Waals surface area contributed by atoms with Gasteiger partial charge in [0.25, 0.3) is 0 Å². The van der Waals surface area contributed by atoms with Crippen LogP contribution in [0.3, 0.4) is 0 Å². The summed E-state index contributed by atoms with van der Waals surface area (Å²) in [5.41, 5.74) is 1.87. The van der Waals surface area contributed by atoms with Gasteiger partial charge in [-0.15, -0.1) is 5.10 Å². The number of para-hydroxylation sites is 3. The molecule has 0 aliphatic heterocycles. The van der Waals surface area contributed by atoms with Gasteiger partial charge in [0.05, 0.1) is 22.0 Å². The van der Waals surface area contributed by atoms with Crippen molar-refractivity contribution in [3.8, 4) is 5.69 Å². The molecule has 0 spiro atoms. The third-order valence-corrected chi connectivity index (χ3v) is 4.92. The Hall–Kier alpha value is -2.74.